The first kappa shape index (κ1) is 17.4. The molecule has 1 amide bonds. The normalized spacial score (nSPS) is 28.7. The summed E-state index contributed by atoms with van der Waals surface area (Å²) in [4.78, 5) is 14.6. The van der Waals surface area contributed by atoms with Gasteiger partial charge in [-0.2, -0.15) is 5.10 Å². The van der Waals surface area contributed by atoms with Crippen molar-refractivity contribution in [2.75, 3.05) is 26.3 Å². The lowest BCUT2D eigenvalue weighted by Gasteiger charge is -2.43. The molecule has 0 aromatic carbocycles. The molecule has 1 aliphatic heterocycles. The Balaban J connectivity index is 1.50. The van der Waals surface area contributed by atoms with Gasteiger partial charge in [-0.05, 0) is 32.3 Å². The number of aliphatic hydroxyl groups excluding tert-OH is 1. The molecule has 1 saturated heterocycles. The highest BCUT2D eigenvalue weighted by Crippen LogP contribution is 2.24. The van der Waals surface area contributed by atoms with Crippen LogP contribution in [0, 0.1) is 6.92 Å². The van der Waals surface area contributed by atoms with E-state index in [0.717, 1.165) is 51.3 Å². The third-order valence-electron chi connectivity index (χ3n) is 5.16. The maximum atomic E-state index is 12.2. The fraction of sp³-hybridized carbons (Fsp3) is 0.765. The van der Waals surface area contributed by atoms with Crippen LogP contribution in [0.3, 0.4) is 0 Å². The molecule has 0 unspecified atom stereocenters. The smallest absolute Gasteiger partial charge is 0.222 e. The molecule has 24 heavy (non-hydrogen) atoms. The number of nitrogens with one attached hydrogen (secondary N) is 1. The second kappa shape index (κ2) is 8.09. The van der Waals surface area contributed by atoms with Crippen LogP contribution in [0.1, 0.15) is 31.4 Å². The molecule has 2 aliphatic rings. The van der Waals surface area contributed by atoms with Crippen molar-refractivity contribution in [1.82, 2.24) is 20.0 Å². The molecule has 1 aromatic heterocycles. The van der Waals surface area contributed by atoms with Crippen LogP contribution in [0.15, 0.2) is 12.3 Å². The molecule has 2 heterocycles. The van der Waals surface area contributed by atoms with Crippen LogP contribution in [0.2, 0.25) is 0 Å². The monoisotopic (exact) mass is 336 g/mol. The van der Waals surface area contributed by atoms with Crippen molar-refractivity contribution >= 4 is 5.91 Å². The number of rotatable bonds is 5. The van der Waals surface area contributed by atoms with Gasteiger partial charge in [-0.3, -0.25) is 14.4 Å². The lowest BCUT2D eigenvalue weighted by atomic mass is 9.86. The average Bonchev–Trinajstić information content (AvgIpc) is 3.01. The van der Waals surface area contributed by atoms with Gasteiger partial charge in [-0.1, -0.05) is 0 Å². The average molecular weight is 336 g/mol. The SMILES string of the molecule is Cc1ccnn1CCC(=O)N[C@@H]1CCC[C@@H](N2CCOCC2)[C@@H]1O. The number of aliphatic hydroxyl groups is 1. The minimum Gasteiger partial charge on any atom is -0.389 e. The van der Waals surface area contributed by atoms with Crippen molar-refractivity contribution in [2.24, 2.45) is 0 Å². The predicted octanol–water partition coefficient (Wildman–Crippen LogP) is 0.312. The first-order valence-electron chi connectivity index (χ1n) is 8.93. The molecule has 1 saturated carbocycles. The number of aryl methyl sites for hydroxylation is 2. The zero-order valence-corrected chi connectivity index (χ0v) is 14.4. The summed E-state index contributed by atoms with van der Waals surface area (Å²) in [6.07, 6.45) is 4.47. The Labute approximate surface area is 143 Å². The largest absolute Gasteiger partial charge is 0.389 e. The van der Waals surface area contributed by atoms with Crippen molar-refractivity contribution in [3.8, 4) is 0 Å². The fourth-order valence-corrected chi connectivity index (χ4v) is 3.74. The van der Waals surface area contributed by atoms with E-state index in [9.17, 15) is 9.90 Å². The molecule has 3 rings (SSSR count). The van der Waals surface area contributed by atoms with Crippen LogP contribution in [0.4, 0.5) is 0 Å². The highest BCUT2D eigenvalue weighted by molar-refractivity contribution is 5.76. The maximum absolute atomic E-state index is 12.2. The number of morpholine rings is 1. The lowest BCUT2D eigenvalue weighted by Crippen LogP contribution is -2.58. The van der Waals surface area contributed by atoms with Crippen molar-refractivity contribution in [1.29, 1.82) is 0 Å². The Bertz CT molecular complexity index is 542. The summed E-state index contributed by atoms with van der Waals surface area (Å²) in [6.45, 7) is 5.72. The second-order valence-corrected chi connectivity index (χ2v) is 6.76. The molecule has 2 N–H and O–H groups in total. The number of ether oxygens (including phenoxy) is 1. The third kappa shape index (κ3) is 4.15. The summed E-state index contributed by atoms with van der Waals surface area (Å²) in [5.74, 6) is -0.0171. The summed E-state index contributed by atoms with van der Waals surface area (Å²) < 4.78 is 7.22. The van der Waals surface area contributed by atoms with Crippen molar-refractivity contribution in [2.45, 2.75) is 57.3 Å². The summed E-state index contributed by atoms with van der Waals surface area (Å²) in [5, 5.41) is 17.9. The molecular formula is C17H28N4O3. The fourth-order valence-electron chi connectivity index (χ4n) is 3.74. The van der Waals surface area contributed by atoms with E-state index >= 15 is 0 Å². The molecule has 1 aromatic rings. The van der Waals surface area contributed by atoms with Crippen molar-refractivity contribution in [3.63, 3.8) is 0 Å². The minimum atomic E-state index is -0.507. The Hall–Kier alpha value is -1.44. The molecule has 7 nitrogen and oxygen atoms in total. The first-order chi connectivity index (χ1) is 11.6. The van der Waals surface area contributed by atoms with Gasteiger partial charge in [0.1, 0.15) is 0 Å². The molecule has 0 bridgehead atoms. The quantitative estimate of drug-likeness (QED) is 0.809. The van der Waals surface area contributed by atoms with Crippen LogP contribution < -0.4 is 5.32 Å². The van der Waals surface area contributed by atoms with Crippen molar-refractivity contribution < 1.29 is 14.6 Å². The van der Waals surface area contributed by atoms with E-state index in [1.165, 1.54) is 0 Å². The molecule has 1 aliphatic carbocycles. The summed E-state index contributed by atoms with van der Waals surface area (Å²) in [5.41, 5.74) is 1.05. The zero-order valence-electron chi connectivity index (χ0n) is 14.4. The van der Waals surface area contributed by atoms with E-state index < -0.39 is 6.10 Å². The van der Waals surface area contributed by atoms with Gasteiger partial charge in [0.25, 0.3) is 0 Å². The summed E-state index contributed by atoms with van der Waals surface area (Å²) >= 11 is 0. The highest BCUT2D eigenvalue weighted by atomic mass is 16.5. The number of carbonyl (C=O) groups is 1. The standard InChI is InChI=1S/C17H28N4O3/c1-13-5-7-18-21(13)8-6-16(22)19-14-3-2-4-15(17(14)23)20-9-11-24-12-10-20/h5,7,14-15,17,23H,2-4,6,8-12H2,1H3,(H,19,22)/t14-,15-,17-/m1/s1. The number of amides is 1. The van der Waals surface area contributed by atoms with Gasteiger partial charge in [-0.15, -0.1) is 0 Å². The van der Waals surface area contributed by atoms with E-state index in [1.54, 1.807) is 6.20 Å². The molecule has 0 spiro atoms. The van der Waals surface area contributed by atoms with E-state index in [0.29, 0.717) is 13.0 Å². The molecular weight excluding hydrogens is 308 g/mol. The zero-order chi connectivity index (χ0) is 16.9. The van der Waals surface area contributed by atoms with Crippen LogP contribution in [0.5, 0.6) is 0 Å². The van der Waals surface area contributed by atoms with E-state index in [1.807, 2.05) is 17.7 Å². The lowest BCUT2D eigenvalue weighted by molar-refractivity contribution is -0.124. The van der Waals surface area contributed by atoms with Gasteiger partial charge in [0.15, 0.2) is 0 Å². The van der Waals surface area contributed by atoms with E-state index in [-0.39, 0.29) is 18.0 Å². The third-order valence-corrected chi connectivity index (χ3v) is 5.16. The van der Waals surface area contributed by atoms with Crippen LogP contribution >= 0.6 is 0 Å². The van der Waals surface area contributed by atoms with Gasteiger partial charge in [-0.25, -0.2) is 0 Å². The molecule has 7 heteroatoms. The molecule has 3 atom stereocenters. The molecule has 0 radical (unpaired) electrons. The molecule has 2 fully saturated rings. The van der Waals surface area contributed by atoms with Gasteiger partial charge in [0, 0.05) is 44.0 Å². The summed E-state index contributed by atoms with van der Waals surface area (Å²) in [7, 11) is 0. The predicted molar refractivity (Wildman–Crippen MR) is 89.5 cm³/mol. The minimum absolute atomic E-state index is 0.0171. The highest BCUT2D eigenvalue weighted by Gasteiger charge is 2.36. The number of aromatic nitrogens is 2. The van der Waals surface area contributed by atoms with Gasteiger partial charge < -0.3 is 15.2 Å². The van der Waals surface area contributed by atoms with Gasteiger partial charge >= 0.3 is 0 Å². The number of carbonyl (C=O) groups excluding carboxylic acids is 1. The van der Waals surface area contributed by atoms with Gasteiger partial charge in [0.2, 0.25) is 5.91 Å². The first-order valence-corrected chi connectivity index (χ1v) is 8.93. The number of hydrogen-bond acceptors (Lipinski definition) is 5. The van der Waals surface area contributed by atoms with Crippen molar-refractivity contribution in [3.05, 3.63) is 18.0 Å². The van der Waals surface area contributed by atoms with Crippen LogP contribution in [-0.4, -0.2) is 70.2 Å². The number of nitrogens with zero attached hydrogens (tertiary/aromatic N) is 3. The number of hydrogen-bond donors (Lipinski definition) is 2. The van der Waals surface area contributed by atoms with E-state index in [2.05, 4.69) is 15.3 Å². The second-order valence-electron chi connectivity index (χ2n) is 6.76. The Morgan fingerprint density at radius 3 is 2.92 bits per heavy atom. The Morgan fingerprint density at radius 1 is 1.42 bits per heavy atom. The van der Waals surface area contributed by atoms with Gasteiger partial charge in [0.05, 0.1) is 25.4 Å². The Morgan fingerprint density at radius 2 is 2.21 bits per heavy atom. The summed E-state index contributed by atoms with van der Waals surface area (Å²) in [6, 6.07) is 1.90. The van der Waals surface area contributed by atoms with E-state index in [4.69, 9.17) is 4.74 Å². The maximum Gasteiger partial charge on any atom is 0.222 e. The Kier molecular flexibility index (Phi) is 5.86. The topological polar surface area (TPSA) is 79.6 Å². The molecule has 134 valence electrons. The van der Waals surface area contributed by atoms with Crippen LogP contribution in [0.25, 0.3) is 0 Å². The van der Waals surface area contributed by atoms with Crippen LogP contribution in [-0.2, 0) is 16.1 Å².